The predicted molar refractivity (Wildman–Crippen MR) is 114 cm³/mol. The van der Waals surface area contributed by atoms with Gasteiger partial charge in [0, 0.05) is 56.4 Å². The predicted octanol–water partition coefficient (Wildman–Crippen LogP) is 2.05. The summed E-state index contributed by atoms with van der Waals surface area (Å²) < 4.78 is 1.81. The molecule has 1 saturated heterocycles. The molecule has 7 nitrogen and oxygen atoms in total. The van der Waals surface area contributed by atoms with Gasteiger partial charge in [-0.15, -0.1) is 23.7 Å². The van der Waals surface area contributed by atoms with E-state index in [2.05, 4.69) is 25.6 Å². The molecule has 9 heteroatoms. The van der Waals surface area contributed by atoms with Gasteiger partial charge in [-0.3, -0.25) is 9.69 Å². The van der Waals surface area contributed by atoms with E-state index < -0.39 is 0 Å². The Morgan fingerprint density at radius 3 is 2.79 bits per heavy atom. The highest BCUT2D eigenvalue weighted by Gasteiger charge is 2.14. The van der Waals surface area contributed by atoms with E-state index in [1.165, 1.54) is 11.3 Å². The Hall–Kier alpha value is -2.26. The summed E-state index contributed by atoms with van der Waals surface area (Å²) >= 11 is 1.46. The maximum Gasteiger partial charge on any atom is 0.270 e. The monoisotopic (exact) mass is 418 g/mol. The van der Waals surface area contributed by atoms with Gasteiger partial charge < -0.3 is 10.6 Å². The number of piperazine rings is 1. The molecule has 0 aliphatic carbocycles. The van der Waals surface area contributed by atoms with Crippen LogP contribution in [0.2, 0.25) is 0 Å². The minimum atomic E-state index is -0.122. The van der Waals surface area contributed by atoms with Crippen molar-refractivity contribution in [3.63, 3.8) is 0 Å². The van der Waals surface area contributed by atoms with Gasteiger partial charge >= 0.3 is 0 Å². The molecule has 0 unspecified atom stereocenters. The van der Waals surface area contributed by atoms with Crippen LogP contribution in [0.5, 0.6) is 0 Å². The molecule has 0 bridgehead atoms. The highest BCUT2D eigenvalue weighted by atomic mass is 35.5. The average Bonchev–Trinajstić information content (AvgIpc) is 3.39. The minimum absolute atomic E-state index is 0. The van der Waals surface area contributed by atoms with Crippen LogP contribution in [0, 0.1) is 0 Å². The van der Waals surface area contributed by atoms with Gasteiger partial charge in [0.2, 0.25) is 0 Å². The van der Waals surface area contributed by atoms with E-state index in [9.17, 15) is 4.79 Å². The highest BCUT2D eigenvalue weighted by Crippen LogP contribution is 2.24. The molecule has 1 aliphatic heterocycles. The third-order valence-corrected chi connectivity index (χ3v) is 5.40. The highest BCUT2D eigenvalue weighted by molar-refractivity contribution is 7.13. The Morgan fingerprint density at radius 2 is 2.00 bits per heavy atom. The van der Waals surface area contributed by atoms with Crippen LogP contribution in [0.3, 0.4) is 0 Å². The Morgan fingerprint density at radius 1 is 1.21 bits per heavy atom. The zero-order chi connectivity index (χ0) is 18.5. The Labute approximate surface area is 174 Å². The van der Waals surface area contributed by atoms with Crippen LogP contribution in [0.15, 0.2) is 48.1 Å². The first-order valence-electron chi connectivity index (χ1n) is 9.07. The average molecular weight is 419 g/mol. The summed E-state index contributed by atoms with van der Waals surface area (Å²) in [6.45, 7) is 5.59. The van der Waals surface area contributed by atoms with E-state index >= 15 is 0 Å². The molecule has 0 spiro atoms. The fraction of sp³-hybridized carbons (Fsp3) is 0.316. The SMILES string of the molecule is Cl.O=C(NCCN1CCNCC1)c1csc(-c2cnn(-c3ccccc3)c2)n1. The van der Waals surface area contributed by atoms with Crippen molar-refractivity contribution in [2.24, 2.45) is 0 Å². The summed E-state index contributed by atoms with van der Waals surface area (Å²) in [5.74, 6) is -0.122. The second-order valence-corrected chi connectivity index (χ2v) is 7.25. The zero-order valence-corrected chi connectivity index (χ0v) is 17.0. The molecule has 2 aromatic heterocycles. The Balaban J connectivity index is 0.00000225. The van der Waals surface area contributed by atoms with Gasteiger partial charge in [0.25, 0.3) is 5.91 Å². The number of para-hydroxylation sites is 1. The summed E-state index contributed by atoms with van der Waals surface area (Å²) in [5.41, 5.74) is 2.36. The molecule has 148 valence electrons. The summed E-state index contributed by atoms with van der Waals surface area (Å²) in [4.78, 5) is 19.2. The van der Waals surface area contributed by atoms with E-state index in [0.717, 1.165) is 49.0 Å². The van der Waals surface area contributed by atoms with Gasteiger partial charge in [-0.1, -0.05) is 18.2 Å². The minimum Gasteiger partial charge on any atom is -0.349 e. The molecule has 1 aliphatic rings. The van der Waals surface area contributed by atoms with Crippen LogP contribution in [0.25, 0.3) is 16.3 Å². The molecule has 1 amide bonds. The molecule has 0 saturated carbocycles. The smallest absolute Gasteiger partial charge is 0.270 e. The molecule has 1 aromatic carbocycles. The summed E-state index contributed by atoms with van der Waals surface area (Å²) in [6, 6.07) is 9.92. The number of rotatable bonds is 6. The van der Waals surface area contributed by atoms with Crippen LogP contribution in [-0.4, -0.2) is 64.8 Å². The van der Waals surface area contributed by atoms with Crippen molar-refractivity contribution < 1.29 is 4.79 Å². The van der Waals surface area contributed by atoms with E-state index in [4.69, 9.17) is 0 Å². The molecule has 1 fully saturated rings. The second kappa shape index (κ2) is 9.79. The van der Waals surface area contributed by atoms with Crippen molar-refractivity contribution in [2.45, 2.75) is 0 Å². The van der Waals surface area contributed by atoms with Crippen LogP contribution in [-0.2, 0) is 0 Å². The van der Waals surface area contributed by atoms with Gasteiger partial charge in [0.15, 0.2) is 0 Å². The molecule has 0 radical (unpaired) electrons. The molecular formula is C19H23ClN6OS. The van der Waals surface area contributed by atoms with Crippen LogP contribution in [0.1, 0.15) is 10.5 Å². The van der Waals surface area contributed by atoms with Crippen molar-refractivity contribution in [3.05, 3.63) is 53.8 Å². The van der Waals surface area contributed by atoms with Crippen LogP contribution >= 0.6 is 23.7 Å². The largest absolute Gasteiger partial charge is 0.349 e. The lowest BCUT2D eigenvalue weighted by Crippen LogP contribution is -2.46. The molecule has 3 aromatic rings. The number of amides is 1. The topological polar surface area (TPSA) is 75.1 Å². The standard InChI is InChI=1S/C19H22N6OS.ClH/c26-18(21-8-11-24-9-6-20-7-10-24)17-14-27-19(23-17)15-12-22-25(13-15)16-4-2-1-3-5-16;/h1-5,12-14,20H,6-11H2,(H,21,26);1H. The van der Waals surface area contributed by atoms with Gasteiger partial charge in [-0.2, -0.15) is 5.10 Å². The van der Waals surface area contributed by atoms with Crippen LogP contribution < -0.4 is 10.6 Å². The fourth-order valence-electron chi connectivity index (χ4n) is 3.02. The number of carbonyl (C=O) groups excluding carboxylic acids is 1. The third kappa shape index (κ3) is 4.96. The van der Waals surface area contributed by atoms with Crippen molar-refractivity contribution in [1.29, 1.82) is 0 Å². The number of benzene rings is 1. The summed E-state index contributed by atoms with van der Waals surface area (Å²) in [5, 5.41) is 13.3. The van der Waals surface area contributed by atoms with Crippen molar-refractivity contribution >= 4 is 29.7 Å². The van der Waals surface area contributed by atoms with Gasteiger partial charge in [0.1, 0.15) is 10.7 Å². The first-order valence-corrected chi connectivity index (χ1v) is 9.95. The summed E-state index contributed by atoms with van der Waals surface area (Å²) in [6.07, 6.45) is 3.71. The maximum absolute atomic E-state index is 12.3. The molecular weight excluding hydrogens is 396 g/mol. The molecule has 2 N–H and O–H groups in total. The quantitative estimate of drug-likeness (QED) is 0.640. The number of thiazole rings is 1. The van der Waals surface area contributed by atoms with Gasteiger partial charge in [-0.25, -0.2) is 9.67 Å². The van der Waals surface area contributed by atoms with E-state index in [1.54, 1.807) is 11.6 Å². The first-order chi connectivity index (χ1) is 13.3. The second-order valence-electron chi connectivity index (χ2n) is 6.39. The van der Waals surface area contributed by atoms with Gasteiger partial charge in [0.05, 0.1) is 11.9 Å². The Bertz CT molecular complexity index is 891. The number of nitrogens with zero attached hydrogens (tertiary/aromatic N) is 4. The van der Waals surface area contributed by atoms with E-state index in [1.807, 2.05) is 41.2 Å². The molecule has 4 rings (SSSR count). The molecule has 0 atom stereocenters. The normalized spacial score (nSPS) is 14.4. The number of nitrogens with one attached hydrogen (secondary N) is 2. The van der Waals surface area contributed by atoms with E-state index in [0.29, 0.717) is 12.2 Å². The van der Waals surface area contributed by atoms with Crippen molar-refractivity contribution in [3.8, 4) is 16.3 Å². The lowest BCUT2D eigenvalue weighted by molar-refractivity contribution is 0.0943. The molecule has 28 heavy (non-hydrogen) atoms. The number of hydrogen-bond donors (Lipinski definition) is 2. The maximum atomic E-state index is 12.3. The fourth-order valence-corrected chi connectivity index (χ4v) is 3.79. The van der Waals surface area contributed by atoms with Crippen molar-refractivity contribution in [1.82, 2.24) is 30.3 Å². The lowest BCUT2D eigenvalue weighted by Gasteiger charge is -2.26. The Kier molecular flexibility index (Phi) is 7.16. The number of halogens is 1. The lowest BCUT2D eigenvalue weighted by atomic mass is 10.3. The van der Waals surface area contributed by atoms with Gasteiger partial charge in [-0.05, 0) is 12.1 Å². The number of carbonyl (C=O) groups is 1. The number of hydrogen-bond acceptors (Lipinski definition) is 6. The summed E-state index contributed by atoms with van der Waals surface area (Å²) in [7, 11) is 0. The van der Waals surface area contributed by atoms with E-state index in [-0.39, 0.29) is 18.3 Å². The zero-order valence-electron chi connectivity index (χ0n) is 15.4. The third-order valence-electron chi connectivity index (χ3n) is 4.51. The van der Waals surface area contributed by atoms with Crippen LogP contribution in [0.4, 0.5) is 0 Å². The number of aromatic nitrogens is 3. The van der Waals surface area contributed by atoms with Crippen molar-refractivity contribution in [2.75, 3.05) is 39.3 Å². The first kappa shape index (κ1) is 20.5. The molecule has 3 heterocycles.